The van der Waals surface area contributed by atoms with Crippen molar-refractivity contribution < 1.29 is 23.9 Å². The van der Waals surface area contributed by atoms with Gasteiger partial charge in [0.15, 0.2) is 0 Å². The highest BCUT2D eigenvalue weighted by Crippen LogP contribution is 2.33. The van der Waals surface area contributed by atoms with E-state index in [2.05, 4.69) is 10.6 Å². The summed E-state index contributed by atoms with van der Waals surface area (Å²) < 4.78 is 10.6. The number of amides is 4. The Morgan fingerprint density at radius 1 is 1.07 bits per heavy atom. The van der Waals surface area contributed by atoms with E-state index < -0.39 is 11.6 Å². The molecular weight excluding hydrogens is 386 g/mol. The maximum Gasteiger partial charge on any atom is 0.325 e. The number of carbonyl (C=O) groups is 3. The lowest BCUT2D eigenvalue weighted by Crippen LogP contribution is -2.40. The van der Waals surface area contributed by atoms with Crippen LogP contribution in [-0.2, 0) is 9.59 Å². The molecule has 0 spiro atoms. The highest BCUT2D eigenvalue weighted by molar-refractivity contribution is 6.06. The number of urea groups is 1. The zero-order valence-electron chi connectivity index (χ0n) is 17.4. The van der Waals surface area contributed by atoms with Gasteiger partial charge in [0.05, 0.1) is 14.2 Å². The standard InChI is InChI=1S/C22H25N3O5/c1-22(2)20(27)25(21(28)24-22)12-11-19(26)23-15-7-10-18(30-4)17(13-15)14-5-8-16(29-3)9-6-14/h5-10,13H,11-12H2,1-4H3,(H,23,26)(H,24,28). The molecule has 158 valence electrons. The highest BCUT2D eigenvalue weighted by atomic mass is 16.5. The Morgan fingerprint density at radius 2 is 1.77 bits per heavy atom. The third kappa shape index (κ3) is 4.37. The van der Waals surface area contributed by atoms with Crippen molar-refractivity contribution in [3.05, 3.63) is 42.5 Å². The number of anilines is 1. The molecular formula is C22H25N3O5. The molecule has 3 rings (SSSR count). The van der Waals surface area contributed by atoms with Gasteiger partial charge in [0.2, 0.25) is 5.91 Å². The molecule has 1 fully saturated rings. The zero-order chi connectivity index (χ0) is 21.9. The SMILES string of the molecule is COc1ccc(-c2cc(NC(=O)CCN3C(=O)NC(C)(C)C3=O)ccc2OC)cc1. The summed E-state index contributed by atoms with van der Waals surface area (Å²) in [4.78, 5) is 37.6. The maximum atomic E-state index is 12.4. The van der Waals surface area contributed by atoms with E-state index in [1.165, 1.54) is 0 Å². The molecule has 2 N–H and O–H groups in total. The van der Waals surface area contributed by atoms with Gasteiger partial charge < -0.3 is 20.1 Å². The summed E-state index contributed by atoms with van der Waals surface area (Å²) in [5, 5.41) is 5.41. The van der Waals surface area contributed by atoms with E-state index in [1.807, 2.05) is 30.3 Å². The van der Waals surface area contributed by atoms with Gasteiger partial charge in [-0.3, -0.25) is 14.5 Å². The van der Waals surface area contributed by atoms with Crippen LogP contribution in [0.15, 0.2) is 42.5 Å². The molecule has 8 nitrogen and oxygen atoms in total. The van der Waals surface area contributed by atoms with Gasteiger partial charge in [0.1, 0.15) is 17.0 Å². The number of benzene rings is 2. The number of nitrogens with one attached hydrogen (secondary N) is 2. The Balaban J connectivity index is 1.69. The number of carbonyl (C=O) groups excluding carboxylic acids is 3. The Morgan fingerprint density at radius 3 is 2.33 bits per heavy atom. The van der Waals surface area contributed by atoms with Crippen LogP contribution in [0.5, 0.6) is 11.5 Å². The quantitative estimate of drug-likeness (QED) is 0.683. The van der Waals surface area contributed by atoms with Crippen molar-refractivity contribution in [2.45, 2.75) is 25.8 Å². The maximum absolute atomic E-state index is 12.4. The molecule has 0 bridgehead atoms. The molecule has 1 heterocycles. The van der Waals surface area contributed by atoms with E-state index in [4.69, 9.17) is 9.47 Å². The van der Waals surface area contributed by atoms with Crippen LogP contribution in [0.4, 0.5) is 10.5 Å². The van der Waals surface area contributed by atoms with Gasteiger partial charge in [-0.2, -0.15) is 0 Å². The lowest BCUT2D eigenvalue weighted by molar-refractivity contribution is -0.130. The normalized spacial score (nSPS) is 15.0. The molecule has 0 aromatic heterocycles. The van der Waals surface area contributed by atoms with Crippen molar-refractivity contribution in [3.63, 3.8) is 0 Å². The third-order valence-corrected chi connectivity index (χ3v) is 4.89. The Hall–Kier alpha value is -3.55. The average molecular weight is 411 g/mol. The second-order valence-corrected chi connectivity index (χ2v) is 7.45. The first kappa shape index (κ1) is 21.2. The Bertz CT molecular complexity index is 969. The van der Waals surface area contributed by atoms with E-state index in [1.54, 1.807) is 40.2 Å². The van der Waals surface area contributed by atoms with Crippen LogP contribution in [0.3, 0.4) is 0 Å². The lowest BCUT2D eigenvalue weighted by atomic mass is 10.0. The summed E-state index contributed by atoms with van der Waals surface area (Å²) >= 11 is 0. The number of hydrogen-bond acceptors (Lipinski definition) is 5. The highest BCUT2D eigenvalue weighted by Gasteiger charge is 2.43. The first-order chi connectivity index (χ1) is 14.2. The van der Waals surface area contributed by atoms with Crippen LogP contribution >= 0.6 is 0 Å². The molecule has 30 heavy (non-hydrogen) atoms. The summed E-state index contributed by atoms with van der Waals surface area (Å²) in [6.45, 7) is 3.28. The van der Waals surface area contributed by atoms with Crippen LogP contribution < -0.4 is 20.1 Å². The Kier molecular flexibility index (Phi) is 5.96. The van der Waals surface area contributed by atoms with Crippen molar-refractivity contribution in [1.29, 1.82) is 0 Å². The molecule has 0 atom stereocenters. The number of ether oxygens (including phenoxy) is 2. The number of rotatable bonds is 7. The van der Waals surface area contributed by atoms with Crippen LogP contribution in [-0.4, -0.2) is 49.0 Å². The zero-order valence-corrected chi connectivity index (χ0v) is 17.4. The van der Waals surface area contributed by atoms with Gasteiger partial charge in [-0.15, -0.1) is 0 Å². The summed E-state index contributed by atoms with van der Waals surface area (Å²) in [6, 6.07) is 12.3. The summed E-state index contributed by atoms with van der Waals surface area (Å²) in [6.07, 6.45) is -0.000855. The first-order valence-corrected chi connectivity index (χ1v) is 9.51. The molecule has 0 unspecified atom stereocenters. The topological polar surface area (TPSA) is 97.0 Å². The van der Waals surface area contributed by atoms with Crippen LogP contribution in [0, 0.1) is 0 Å². The molecule has 1 aliphatic rings. The fraction of sp³-hybridized carbons (Fsp3) is 0.318. The van der Waals surface area contributed by atoms with Crippen LogP contribution in [0.2, 0.25) is 0 Å². The minimum absolute atomic E-state index is 0.000855. The third-order valence-electron chi connectivity index (χ3n) is 4.89. The smallest absolute Gasteiger partial charge is 0.325 e. The van der Waals surface area contributed by atoms with E-state index >= 15 is 0 Å². The number of nitrogens with zero attached hydrogens (tertiary/aromatic N) is 1. The number of methoxy groups -OCH3 is 2. The molecule has 2 aromatic rings. The second kappa shape index (κ2) is 8.44. The molecule has 0 saturated carbocycles. The molecule has 1 aliphatic heterocycles. The van der Waals surface area contributed by atoms with E-state index in [9.17, 15) is 14.4 Å². The predicted octanol–water partition coefficient (Wildman–Crippen LogP) is 3.03. The van der Waals surface area contributed by atoms with Gasteiger partial charge in [-0.25, -0.2) is 4.79 Å². The van der Waals surface area contributed by atoms with Crippen molar-refractivity contribution in [3.8, 4) is 22.6 Å². The first-order valence-electron chi connectivity index (χ1n) is 9.51. The van der Waals surface area contributed by atoms with Crippen LogP contribution in [0.1, 0.15) is 20.3 Å². The largest absolute Gasteiger partial charge is 0.497 e. The van der Waals surface area contributed by atoms with Gasteiger partial charge >= 0.3 is 6.03 Å². The number of imide groups is 1. The van der Waals surface area contributed by atoms with Crippen LogP contribution in [0.25, 0.3) is 11.1 Å². The number of hydrogen-bond donors (Lipinski definition) is 2. The molecule has 2 aromatic carbocycles. The van der Waals surface area contributed by atoms with Crippen molar-refractivity contribution in [1.82, 2.24) is 10.2 Å². The summed E-state index contributed by atoms with van der Waals surface area (Å²) in [7, 11) is 3.19. The van der Waals surface area contributed by atoms with Crippen molar-refractivity contribution >= 4 is 23.5 Å². The fourth-order valence-corrected chi connectivity index (χ4v) is 3.24. The molecule has 0 radical (unpaired) electrons. The van der Waals surface area contributed by atoms with E-state index in [0.717, 1.165) is 21.8 Å². The molecule has 4 amide bonds. The summed E-state index contributed by atoms with van der Waals surface area (Å²) in [5.41, 5.74) is 1.36. The minimum atomic E-state index is -0.948. The van der Waals surface area contributed by atoms with Gasteiger partial charge in [0.25, 0.3) is 5.91 Å². The molecule has 8 heteroatoms. The minimum Gasteiger partial charge on any atom is -0.497 e. The van der Waals surface area contributed by atoms with E-state index in [0.29, 0.717) is 11.4 Å². The fourth-order valence-electron chi connectivity index (χ4n) is 3.24. The molecule has 0 aliphatic carbocycles. The lowest BCUT2D eigenvalue weighted by Gasteiger charge is -2.16. The van der Waals surface area contributed by atoms with Crippen molar-refractivity contribution in [2.24, 2.45) is 0 Å². The molecule has 1 saturated heterocycles. The second-order valence-electron chi connectivity index (χ2n) is 7.45. The summed E-state index contributed by atoms with van der Waals surface area (Å²) in [5.74, 6) is 0.767. The van der Waals surface area contributed by atoms with Crippen molar-refractivity contribution in [2.75, 3.05) is 26.1 Å². The predicted molar refractivity (Wildman–Crippen MR) is 113 cm³/mol. The Labute approximate surface area is 175 Å². The van der Waals surface area contributed by atoms with Gasteiger partial charge in [-0.1, -0.05) is 12.1 Å². The van der Waals surface area contributed by atoms with E-state index in [-0.39, 0.29) is 24.8 Å². The monoisotopic (exact) mass is 411 g/mol. The average Bonchev–Trinajstić information content (AvgIpc) is 2.93. The van der Waals surface area contributed by atoms with Gasteiger partial charge in [0, 0.05) is 24.2 Å². The van der Waals surface area contributed by atoms with Gasteiger partial charge in [-0.05, 0) is 49.7 Å².